The number of hydrogen-bond acceptors (Lipinski definition) is 3. The van der Waals surface area contributed by atoms with Gasteiger partial charge in [0.15, 0.2) is 0 Å². The highest BCUT2D eigenvalue weighted by Crippen LogP contribution is 2.22. The molecule has 4 heteroatoms. The monoisotopic (exact) mass is 278 g/mol. The van der Waals surface area contributed by atoms with Crippen LogP contribution in [0.4, 0.5) is 5.69 Å². The molecule has 1 aromatic rings. The van der Waals surface area contributed by atoms with E-state index in [-0.39, 0.29) is 11.8 Å². The summed E-state index contributed by atoms with van der Waals surface area (Å²) in [6.07, 6.45) is 1.45. The van der Waals surface area contributed by atoms with Crippen LogP contribution in [0.1, 0.15) is 32.3 Å². The van der Waals surface area contributed by atoms with Gasteiger partial charge in [-0.2, -0.15) is 0 Å². The number of aryl methyl sites for hydroxylation is 1. The highest BCUT2D eigenvalue weighted by atomic mass is 16.5. The summed E-state index contributed by atoms with van der Waals surface area (Å²) in [5, 5.41) is 2.92. The number of carbonyl (C=O) groups excluding carboxylic acids is 1. The summed E-state index contributed by atoms with van der Waals surface area (Å²) < 4.78 is 5.20. The fourth-order valence-corrected chi connectivity index (χ4v) is 2.36. The lowest BCUT2D eigenvalue weighted by molar-refractivity contribution is -0.117. The summed E-state index contributed by atoms with van der Waals surface area (Å²) >= 11 is 0. The number of nitrogens with two attached hydrogens (primary N) is 1. The summed E-state index contributed by atoms with van der Waals surface area (Å²) in [7, 11) is 1.64. The van der Waals surface area contributed by atoms with E-state index in [4.69, 9.17) is 10.5 Å². The molecule has 0 aliphatic carbocycles. The van der Waals surface area contributed by atoms with Gasteiger partial charge in [0, 0.05) is 12.1 Å². The molecule has 0 aliphatic rings. The molecule has 0 radical (unpaired) electrons. The van der Waals surface area contributed by atoms with Gasteiger partial charge >= 0.3 is 0 Å². The van der Waals surface area contributed by atoms with E-state index >= 15 is 0 Å². The van der Waals surface area contributed by atoms with Crippen LogP contribution in [0.5, 0.6) is 5.75 Å². The zero-order chi connectivity index (χ0) is 15.1. The molecule has 0 bridgehead atoms. The summed E-state index contributed by atoms with van der Waals surface area (Å²) in [5.74, 6) is 1.64. The first kappa shape index (κ1) is 16.5. The van der Waals surface area contributed by atoms with Crippen LogP contribution in [-0.4, -0.2) is 19.6 Å². The van der Waals surface area contributed by atoms with Crippen molar-refractivity contribution in [3.8, 4) is 5.75 Å². The first-order valence-electron chi connectivity index (χ1n) is 7.10. The average molecular weight is 278 g/mol. The van der Waals surface area contributed by atoms with Crippen LogP contribution >= 0.6 is 0 Å². The number of nitrogens with one attached hydrogen (secondary N) is 1. The zero-order valence-electron chi connectivity index (χ0n) is 12.9. The molecule has 3 N–H and O–H groups in total. The molecular weight excluding hydrogens is 252 g/mol. The molecular formula is C16H26N2O2. The van der Waals surface area contributed by atoms with Gasteiger partial charge in [0.25, 0.3) is 0 Å². The Kier molecular flexibility index (Phi) is 6.52. The zero-order valence-corrected chi connectivity index (χ0v) is 12.9. The Labute approximate surface area is 121 Å². The number of benzene rings is 1. The van der Waals surface area contributed by atoms with Crippen molar-refractivity contribution in [2.75, 3.05) is 19.0 Å². The van der Waals surface area contributed by atoms with Crippen molar-refractivity contribution in [2.24, 2.45) is 17.6 Å². The lowest BCUT2D eigenvalue weighted by atomic mass is 9.94. The molecule has 0 spiro atoms. The van der Waals surface area contributed by atoms with Gasteiger partial charge in [-0.1, -0.05) is 13.8 Å². The van der Waals surface area contributed by atoms with Crippen LogP contribution in [0.25, 0.3) is 0 Å². The van der Waals surface area contributed by atoms with Crippen LogP contribution in [0, 0.1) is 18.8 Å². The molecule has 1 amide bonds. The van der Waals surface area contributed by atoms with Crippen molar-refractivity contribution >= 4 is 11.6 Å². The van der Waals surface area contributed by atoms with Gasteiger partial charge < -0.3 is 15.8 Å². The van der Waals surface area contributed by atoms with Crippen molar-refractivity contribution in [1.82, 2.24) is 0 Å². The van der Waals surface area contributed by atoms with E-state index in [1.807, 2.05) is 25.1 Å². The average Bonchev–Trinajstić information content (AvgIpc) is 2.37. The van der Waals surface area contributed by atoms with E-state index < -0.39 is 0 Å². The number of ether oxygens (including phenoxy) is 1. The van der Waals surface area contributed by atoms with Gasteiger partial charge in [-0.15, -0.1) is 0 Å². The number of amides is 1. The smallest absolute Gasteiger partial charge is 0.224 e. The minimum absolute atomic E-state index is 0.0191. The van der Waals surface area contributed by atoms with E-state index in [0.29, 0.717) is 18.9 Å². The molecule has 20 heavy (non-hydrogen) atoms. The van der Waals surface area contributed by atoms with Gasteiger partial charge in [0.05, 0.1) is 7.11 Å². The predicted octanol–water partition coefficient (Wildman–Crippen LogP) is 2.95. The number of rotatable bonds is 7. The van der Waals surface area contributed by atoms with Crippen molar-refractivity contribution in [3.05, 3.63) is 23.8 Å². The molecule has 1 aromatic carbocycles. The molecule has 0 aliphatic heterocycles. The molecule has 1 unspecified atom stereocenters. The molecule has 0 saturated heterocycles. The highest BCUT2D eigenvalue weighted by molar-refractivity contribution is 5.91. The quantitative estimate of drug-likeness (QED) is 0.806. The summed E-state index contributed by atoms with van der Waals surface area (Å²) in [5.41, 5.74) is 7.53. The van der Waals surface area contributed by atoms with Crippen LogP contribution in [0.2, 0.25) is 0 Å². The van der Waals surface area contributed by atoms with E-state index in [1.54, 1.807) is 7.11 Å². The Morgan fingerprint density at radius 1 is 1.40 bits per heavy atom. The first-order chi connectivity index (χ1) is 9.46. The first-order valence-corrected chi connectivity index (χ1v) is 7.10. The maximum atomic E-state index is 12.0. The van der Waals surface area contributed by atoms with Crippen LogP contribution in [-0.2, 0) is 4.79 Å². The number of anilines is 1. The third kappa shape index (κ3) is 5.21. The fourth-order valence-electron chi connectivity index (χ4n) is 2.36. The fraction of sp³-hybridized carbons (Fsp3) is 0.562. The van der Waals surface area contributed by atoms with Gasteiger partial charge in [-0.25, -0.2) is 0 Å². The van der Waals surface area contributed by atoms with E-state index in [1.165, 1.54) is 0 Å². The second kappa shape index (κ2) is 7.90. The summed E-state index contributed by atoms with van der Waals surface area (Å²) in [6, 6.07) is 5.62. The second-order valence-electron chi connectivity index (χ2n) is 5.67. The largest absolute Gasteiger partial charge is 0.496 e. The Balaban J connectivity index is 2.59. The second-order valence-corrected chi connectivity index (χ2v) is 5.67. The van der Waals surface area contributed by atoms with Crippen molar-refractivity contribution < 1.29 is 9.53 Å². The SMILES string of the molecule is COc1ccc(NC(=O)CC(CN)CC(C)C)cc1C. The maximum Gasteiger partial charge on any atom is 0.224 e. The minimum atomic E-state index is 0.0191. The normalized spacial score (nSPS) is 12.3. The molecule has 0 heterocycles. The molecule has 4 nitrogen and oxygen atoms in total. The third-order valence-corrected chi connectivity index (χ3v) is 3.29. The molecule has 1 atom stereocenters. The Morgan fingerprint density at radius 2 is 2.10 bits per heavy atom. The van der Waals surface area contributed by atoms with Crippen LogP contribution in [0.3, 0.4) is 0 Å². The topological polar surface area (TPSA) is 64.3 Å². The van der Waals surface area contributed by atoms with Crippen LogP contribution < -0.4 is 15.8 Å². The lowest BCUT2D eigenvalue weighted by Crippen LogP contribution is -2.23. The third-order valence-electron chi connectivity index (χ3n) is 3.29. The number of hydrogen-bond donors (Lipinski definition) is 2. The van der Waals surface area contributed by atoms with Crippen molar-refractivity contribution in [1.29, 1.82) is 0 Å². The standard InChI is InChI=1S/C16H26N2O2/c1-11(2)7-13(10-17)9-16(19)18-14-5-6-15(20-4)12(3)8-14/h5-6,8,11,13H,7,9-10,17H2,1-4H3,(H,18,19). The Bertz CT molecular complexity index is 444. The molecule has 1 rings (SSSR count). The molecule has 112 valence electrons. The Hall–Kier alpha value is -1.55. The van der Waals surface area contributed by atoms with Crippen molar-refractivity contribution in [2.45, 2.75) is 33.6 Å². The number of carbonyl (C=O) groups is 1. The van der Waals surface area contributed by atoms with E-state index in [2.05, 4.69) is 19.2 Å². The Morgan fingerprint density at radius 3 is 2.60 bits per heavy atom. The maximum absolute atomic E-state index is 12.0. The summed E-state index contributed by atoms with van der Waals surface area (Å²) in [6.45, 7) is 6.80. The number of methoxy groups -OCH3 is 1. The van der Waals surface area contributed by atoms with Gasteiger partial charge in [-0.05, 0) is 55.5 Å². The van der Waals surface area contributed by atoms with Gasteiger partial charge in [-0.3, -0.25) is 4.79 Å². The lowest BCUT2D eigenvalue weighted by Gasteiger charge is -2.17. The van der Waals surface area contributed by atoms with E-state index in [0.717, 1.165) is 23.4 Å². The molecule has 0 fully saturated rings. The van der Waals surface area contributed by atoms with Gasteiger partial charge in [0.2, 0.25) is 5.91 Å². The molecule has 0 saturated carbocycles. The van der Waals surface area contributed by atoms with Gasteiger partial charge in [0.1, 0.15) is 5.75 Å². The minimum Gasteiger partial charge on any atom is -0.496 e. The summed E-state index contributed by atoms with van der Waals surface area (Å²) in [4.78, 5) is 12.0. The van der Waals surface area contributed by atoms with E-state index in [9.17, 15) is 4.79 Å². The highest BCUT2D eigenvalue weighted by Gasteiger charge is 2.14. The molecule has 0 aromatic heterocycles. The van der Waals surface area contributed by atoms with Crippen LogP contribution in [0.15, 0.2) is 18.2 Å². The predicted molar refractivity (Wildman–Crippen MR) is 83.0 cm³/mol. The van der Waals surface area contributed by atoms with Crippen molar-refractivity contribution in [3.63, 3.8) is 0 Å².